The number of carboxylic acid groups (broad SMARTS) is 1. The topological polar surface area (TPSA) is 231 Å². The van der Waals surface area contributed by atoms with Gasteiger partial charge in [-0.15, -0.1) is 0 Å². The summed E-state index contributed by atoms with van der Waals surface area (Å²) in [6.45, 7) is -0.287. The fourth-order valence-corrected chi connectivity index (χ4v) is 4.46. The van der Waals surface area contributed by atoms with Gasteiger partial charge in [0.15, 0.2) is 12.4 Å². The normalized spacial score (nSPS) is 34.5. The molecular weight excluding hydrogens is 526 g/mol. The van der Waals surface area contributed by atoms with Crippen LogP contribution in [0.2, 0.25) is 0 Å². The molecule has 2 aliphatic heterocycles. The molecular formula is C24H33NO14. The van der Waals surface area contributed by atoms with Crippen LogP contribution in [0.5, 0.6) is 0 Å². The standard InChI is InChI=1S/C24H33NO14/c1-11(27)25-16-13(28)8-24(23(33)34,39-19(16)17(31)14(29)9-26)38-18-15(30)10-36-22(35-2)20(18)37-21(32)12-6-4-3-5-7-12/h3-7,13-20,22,26,28-31H,8-10H2,1-2H3,(H,25,27)(H,33,34)/t13?,14-,15?,16?,17-,18?,19?,20?,22?,24?/m1/s1. The fraction of sp³-hybridized carbons (Fsp3) is 0.625. The number of nitrogens with one attached hydrogen (secondary N) is 1. The summed E-state index contributed by atoms with van der Waals surface area (Å²) in [6.07, 6.45) is -14.3. The molecule has 2 saturated heterocycles. The van der Waals surface area contributed by atoms with Crippen LogP contribution in [0.4, 0.5) is 0 Å². The summed E-state index contributed by atoms with van der Waals surface area (Å²) in [4.78, 5) is 37.1. The summed E-state index contributed by atoms with van der Waals surface area (Å²) in [5.74, 6) is -6.14. The lowest BCUT2D eigenvalue weighted by atomic mass is 9.88. The Morgan fingerprint density at radius 1 is 1.13 bits per heavy atom. The predicted octanol–water partition coefficient (Wildman–Crippen LogP) is -2.89. The van der Waals surface area contributed by atoms with E-state index in [0.717, 1.165) is 6.92 Å². The number of ether oxygens (including phenoxy) is 5. The van der Waals surface area contributed by atoms with E-state index in [1.54, 1.807) is 18.2 Å². The molecule has 1 aromatic rings. The molecule has 0 bridgehead atoms. The molecule has 218 valence electrons. The van der Waals surface area contributed by atoms with E-state index in [1.165, 1.54) is 19.2 Å². The molecule has 1 aromatic carbocycles. The van der Waals surface area contributed by atoms with E-state index in [9.17, 15) is 45.0 Å². The van der Waals surface area contributed by atoms with E-state index < -0.39 is 98.3 Å². The number of carbonyl (C=O) groups is 3. The number of carbonyl (C=O) groups excluding carboxylic acids is 2. The average molecular weight is 560 g/mol. The van der Waals surface area contributed by atoms with Gasteiger partial charge in [0.2, 0.25) is 5.91 Å². The van der Waals surface area contributed by atoms with E-state index in [4.69, 9.17) is 23.7 Å². The largest absolute Gasteiger partial charge is 0.477 e. The zero-order chi connectivity index (χ0) is 28.9. The third-order valence-corrected chi connectivity index (χ3v) is 6.40. The quantitative estimate of drug-likeness (QED) is 0.143. The Morgan fingerprint density at radius 2 is 1.79 bits per heavy atom. The lowest BCUT2D eigenvalue weighted by Crippen LogP contribution is -2.70. The van der Waals surface area contributed by atoms with Gasteiger partial charge in [0, 0.05) is 20.5 Å². The summed E-state index contributed by atoms with van der Waals surface area (Å²) in [7, 11) is 1.22. The van der Waals surface area contributed by atoms with Crippen molar-refractivity contribution in [1.82, 2.24) is 5.32 Å². The van der Waals surface area contributed by atoms with Crippen LogP contribution in [-0.4, -0.2) is 130 Å². The van der Waals surface area contributed by atoms with E-state index >= 15 is 0 Å². The van der Waals surface area contributed by atoms with E-state index in [-0.39, 0.29) is 5.56 Å². The Bertz CT molecular complexity index is 994. The third kappa shape index (κ3) is 6.89. The van der Waals surface area contributed by atoms with Crippen LogP contribution in [-0.2, 0) is 33.3 Å². The summed E-state index contributed by atoms with van der Waals surface area (Å²) < 4.78 is 27.4. The molecule has 2 fully saturated rings. The number of aliphatic carboxylic acids is 1. The van der Waals surface area contributed by atoms with Crippen LogP contribution in [0, 0.1) is 0 Å². The van der Waals surface area contributed by atoms with Crippen molar-refractivity contribution in [2.24, 2.45) is 0 Å². The number of hydrogen-bond acceptors (Lipinski definition) is 13. The Morgan fingerprint density at radius 3 is 2.36 bits per heavy atom. The second-order valence-corrected chi connectivity index (χ2v) is 9.20. The van der Waals surface area contributed by atoms with Crippen LogP contribution in [0.3, 0.4) is 0 Å². The number of methoxy groups -OCH3 is 1. The minimum Gasteiger partial charge on any atom is -0.477 e. The van der Waals surface area contributed by atoms with Crippen molar-refractivity contribution in [3.8, 4) is 0 Å². The summed E-state index contributed by atoms with van der Waals surface area (Å²) >= 11 is 0. The van der Waals surface area contributed by atoms with Gasteiger partial charge in [0.05, 0.1) is 30.9 Å². The van der Waals surface area contributed by atoms with Gasteiger partial charge in [0.1, 0.15) is 30.5 Å². The van der Waals surface area contributed by atoms with E-state index in [1.807, 2.05) is 0 Å². The van der Waals surface area contributed by atoms with E-state index in [2.05, 4.69) is 5.32 Å². The number of aliphatic hydroxyl groups excluding tert-OH is 5. The number of amides is 1. The van der Waals surface area contributed by atoms with Crippen LogP contribution in [0.15, 0.2) is 30.3 Å². The highest BCUT2D eigenvalue weighted by atomic mass is 16.8. The van der Waals surface area contributed by atoms with Crippen molar-refractivity contribution in [2.45, 2.75) is 74.2 Å². The molecule has 0 aliphatic carbocycles. The SMILES string of the molecule is COC1OCC(O)C(OC2(C(=O)O)CC(O)C(NC(C)=O)C([C@H](O)[C@H](O)CO)O2)C1OC(=O)c1ccccc1. The van der Waals surface area contributed by atoms with Gasteiger partial charge in [-0.3, -0.25) is 4.79 Å². The molecule has 10 atom stereocenters. The molecule has 1 amide bonds. The molecule has 0 aromatic heterocycles. The van der Waals surface area contributed by atoms with Gasteiger partial charge in [0.25, 0.3) is 5.79 Å². The third-order valence-electron chi connectivity index (χ3n) is 6.40. The van der Waals surface area contributed by atoms with Crippen molar-refractivity contribution in [3.05, 3.63) is 35.9 Å². The first-order valence-electron chi connectivity index (χ1n) is 12.0. The monoisotopic (exact) mass is 559 g/mol. The van der Waals surface area contributed by atoms with Crippen molar-refractivity contribution in [1.29, 1.82) is 0 Å². The second kappa shape index (κ2) is 13.1. The number of esters is 1. The maximum atomic E-state index is 12.8. The number of aliphatic hydroxyl groups is 5. The molecule has 0 radical (unpaired) electrons. The highest BCUT2D eigenvalue weighted by molar-refractivity contribution is 5.89. The Kier molecular flexibility index (Phi) is 10.3. The molecule has 3 rings (SSSR count). The second-order valence-electron chi connectivity index (χ2n) is 9.20. The lowest BCUT2D eigenvalue weighted by molar-refractivity contribution is -0.357. The molecule has 8 unspecified atom stereocenters. The van der Waals surface area contributed by atoms with Gasteiger partial charge in [-0.2, -0.15) is 0 Å². The van der Waals surface area contributed by atoms with Crippen molar-refractivity contribution in [3.63, 3.8) is 0 Å². The Labute approximate surface area is 222 Å². The summed E-state index contributed by atoms with van der Waals surface area (Å²) in [5.41, 5.74) is 0.128. The molecule has 0 saturated carbocycles. The molecule has 2 aliphatic rings. The number of hydrogen-bond donors (Lipinski definition) is 7. The van der Waals surface area contributed by atoms with Crippen LogP contribution >= 0.6 is 0 Å². The maximum Gasteiger partial charge on any atom is 0.364 e. The average Bonchev–Trinajstić information content (AvgIpc) is 2.91. The van der Waals surface area contributed by atoms with Gasteiger partial charge in [-0.25, -0.2) is 9.59 Å². The summed E-state index contributed by atoms with van der Waals surface area (Å²) in [5, 5.41) is 63.9. The lowest BCUT2D eigenvalue weighted by Gasteiger charge is -2.49. The minimum absolute atomic E-state index is 0.128. The number of carboxylic acids is 1. The van der Waals surface area contributed by atoms with Crippen molar-refractivity contribution < 1.29 is 68.7 Å². The highest BCUT2D eigenvalue weighted by Gasteiger charge is 2.59. The molecule has 2 heterocycles. The number of rotatable bonds is 10. The molecule has 7 N–H and O–H groups in total. The molecule has 39 heavy (non-hydrogen) atoms. The Hall–Kier alpha value is -2.73. The van der Waals surface area contributed by atoms with Crippen molar-refractivity contribution in [2.75, 3.05) is 20.3 Å². The number of benzene rings is 1. The van der Waals surface area contributed by atoms with Crippen LogP contribution < -0.4 is 5.32 Å². The van der Waals surface area contributed by atoms with E-state index in [0.29, 0.717) is 0 Å². The summed E-state index contributed by atoms with van der Waals surface area (Å²) in [6, 6.07) is 6.33. The smallest absolute Gasteiger partial charge is 0.364 e. The first-order valence-corrected chi connectivity index (χ1v) is 12.0. The molecule has 15 nitrogen and oxygen atoms in total. The van der Waals surface area contributed by atoms with Gasteiger partial charge >= 0.3 is 11.9 Å². The zero-order valence-electron chi connectivity index (χ0n) is 21.2. The maximum absolute atomic E-state index is 12.8. The first kappa shape index (κ1) is 30.8. The van der Waals surface area contributed by atoms with Crippen LogP contribution in [0.1, 0.15) is 23.7 Å². The highest BCUT2D eigenvalue weighted by Crippen LogP contribution is 2.37. The van der Waals surface area contributed by atoms with Gasteiger partial charge in [-0.05, 0) is 12.1 Å². The minimum atomic E-state index is -2.80. The molecule has 15 heteroatoms. The Balaban J connectivity index is 1.97. The predicted molar refractivity (Wildman–Crippen MR) is 126 cm³/mol. The first-order chi connectivity index (χ1) is 18.4. The van der Waals surface area contributed by atoms with Gasteiger partial charge in [-0.1, -0.05) is 18.2 Å². The van der Waals surface area contributed by atoms with Gasteiger partial charge < -0.3 is 59.6 Å². The van der Waals surface area contributed by atoms with Crippen molar-refractivity contribution >= 4 is 17.8 Å². The fourth-order valence-electron chi connectivity index (χ4n) is 4.46. The zero-order valence-corrected chi connectivity index (χ0v) is 21.2. The van der Waals surface area contributed by atoms with Crippen LogP contribution in [0.25, 0.3) is 0 Å². The molecule has 0 spiro atoms.